The van der Waals surface area contributed by atoms with Crippen molar-refractivity contribution < 1.29 is 9.90 Å². The molecular formula is C15H20N2O2. The molecule has 102 valence electrons. The van der Waals surface area contributed by atoms with Crippen LogP contribution in [0.15, 0.2) is 18.2 Å². The number of hydrogen-bond donors (Lipinski definition) is 1. The van der Waals surface area contributed by atoms with Gasteiger partial charge in [-0.2, -0.15) is 0 Å². The number of amides is 1. The van der Waals surface area contributed by atoms with E-state index in [0.29, 0.717) is 5.92 Å². The summed E-state index contributed by atoms with van der Waals surface area (Å²) in [6.07, 6.45) is 1.52. The molecule has 4 heteroatoms. The normalized spacial score (nSPS) is 26.8. The van der Waals surface area contributed by atoms with Crippen LogP contribution < -0.4 is 9.80 Å². The van der Waals surface area contributed by atoms with Gasteiger partial charge in [0.05, 0.1) is 5.69 Å². The Morgan fingerprint density at radius 2 is 2.16 bits per heavy atom. The van der Waals surface area contributed by atoms with Gasteiger partial charge in [0.1, 0.15) is 0 Å². The number of piperidine rings is 1. The second-order valence-corrected chi connectivity index (χ2v) is 5.74. The summed E-state index contributed by atoms with van der Waals surface area (Å²) in [5, 5.41) is 9.86. The van der Waals surface area contributed by atoms with Gasteiger partial charge >= 0.3 is 0 Å². The number of likely N-dealkylation sites (N-methyl/N-ethyl adjacent to an activating group) is 1. The quantitative estimate of drug-likeness (QED) is 0.839. The number of rotatable bonds is 1. The molecular weight excluding hydrogens is 240 g/mol. The zero-order chi connectivity index (χ0) is 13.6. The van der Waals surface area contributed by atoms with Crippen LogP contribution in [-0.4, -0.2) is 31.2 Å². The van der Waals surface area contributed by atoms with Crippen molar-refractivity contribution in [1.82, 2.24) is 0 Å². The van der Waals surface area contributed by atoms with Crippen LogP contribution in [0.3, 0.4) is 0 Å². The van der Waals surface area contributed by atoms with Gasteiger partial charge in [0.15, 0.2) is 6.10 Å². The summed E-state index contributed by atoms with van der Waals surface area (Å²) < 4.78 is 0. The van der Waals surface area contributed by atoms with Crippen LogP contribution >= 0.6 is 0 Å². The van der Waals surface area contributed by atoms with Gasteiger partial charge in [0.25, 0.3) is 5.91 Å². The van der Waals surface area contributed by atoms with E-state index in [1.165, 1.54) is 12.8 Å². The summed E-state index contributed by atoms with van der Waals surface area (Å²) in [6, 6.07) is 5.93. The lowest BCUT2D eigenvalue weighted by atomic mass is 9.99. The molecule has 2 heterocycles. The van der Waals surface area contributed by atoms with E-state index in [1.54, 1.807) is 11.9 Å². The van der Waals surface area contributed by atoms with Crippen LogP contribution in [0.25, 0.3) is 0 Å². The molecule has 1 saturated heterocycles. The number of anilines is 2. The van der Waals surface area contributed by atoms with Crippen molar-refractivity contribution in [3.05, 3.63) is 23.8 Å². The lowest BCUT2D eigenvalue weighted by Crippen LogP contribution is -2.34. The number of nitrogens with zero attached hydrogens (tertiary/aromatic N) is 2. The lowest BCUT2D eigenvalue weighted by molar-refractivity contribution is -0.125. The standard InChI is InChI=1S/C15H20N2O2/c1-10-4-3-7-17(9-10)11-5-6-12-13(8-11)16(2)15(19)14(12)18/h5-6,8,10,14,18H,3-4,7,9H2,1-2H3. The average Bonchev–Trinajstić information content (AvgIpc) is 2.64. The van der Waals surface area contributed by atoms with Crippen LogP contribution in [0.5, 0.6) is 0 Å². The zero-order valence-electron chi connectivity index (χ0n) is 11.5. The number of aliphatic hydroxyl groups is 1. The van der Waals surface area contributed by atoms with E-state index >= 15 is 0 Å². The van der Waals surface area contributed by atoms with Crippen LogP contribution in [0.4, 0.5) is 11.4 Å². The third-order valence-corrected chi connectivity index (χ3v) is 4.26. The fourth-order valence-corrected chi connectivity index (χ4v) is 3.11. The van der Waals surface area contributed by atoms with Gasteiger partial charge in [-0.05, 0) is 30.9 Å². The first kappa shape index (κ1) is 12.5. The minimum absolute atomic E-state index is 0.237. The van der Waals surface area contributed by atoms with Gasteiger partial charge in [-0.3, -0.25) is 4.79 Å². The summed E-state index contributed by atoms with van der Waals surface area (Å²) in [4.78, 5) is 15.7. The first-order valence-corrected chi connectivity index (χ1v) is 6.92. The van der Waals surface area contributed by atoms with Crippen LogP contribution in [0.2, 0.25) is 0 Å². The van der Waals surface area contributed by atoms with Crippen LogP contribution in [-0.2, 0) is 4.79 Å². The predicted octanol–water partition coefficient (Wildman–Crippen LogP) is 1.93. The molecule has 0 aliphatic carbocycles. The molecule has 1 aromatic carbocycles. The summed E-state index contributed by atoms with van der Waals surface area (Å²) in [7, 11) is 1.72. The molecule has 0 radical (unpaired) electrons. The Morgan fingerprint density at radius 1 is 1.37 bits per heavy atom. The van der Waals surface area contributed by atoms with Crippen molar-refractivity contribution in [3.63, 3.8) is 0 Å². The number of carbonyl (C=O) groups is 1. The van der Waals surface area contributed by atoms with Crippen molar-refractivity contribution >= 4 is 17.3 Å². The molecule has 0 saturated carbocycles. The molecule has 0 spiro atoms. The first-order chi connectivity index (χ1) is 9.08. The monoisotopic (exact) mass is 260 g/mol. The Bertz CT molecular complexity index is 515. The summed E-state index contributed by atoms with van der Waals surface area (Å²) >= 11 is 0. The Hall–Kier alpha value is -1.55. The third-order valence-electron chi connectivity index (χ3n) is 4.26. The number of aliphatic hydroxyl groups excluding tert-OH is 1. The lowest BCUT2D eigenvalue weighted by Gasteiger charge is -2.33. The van der Waals surface area contributed by atoms with Crippen LogP contribution in [0.1, 0.15) is 31.4 Å². The highest BCUT2D eigenvalue weighted by Crippen LogP contribution is 2.38. The summed E-state index contributed by atoms with van der Waals surface area (Å²) in [6.45, 7) is 4.42. The number of benzene rings is 1. The van der Waals surface area contributed by atoms with Crippen molar-refractivity contribution in [2.24, 2.45) is 5.92 Å². The SMILES string of the molecule is CC1CCCN(c2ccc3c(c2)N(C)C(=O)C3O)C1. The molecule has 2 aliphatic heterocycles. The van der Waals surface area contributed by atoms with Crippen molar-refractivity contribution in [1.29, 1.82) is 0 Å². The molecule has 4 nitrogen and oxygen atoms in total. The maximum Gasteiger partial charge on any atom is 0.260 e. The highest BCUT2D eigenvalue weighted by Gasteiger charge is 2.34. The molecule has 2 atom stereocenters. The Kier molecular flexibility index (Phi) is 2.97. The van der Waals surface area contributed by atoms with E-state index in [1.807, 2.05) is 18.2 Å². The Balaban J connectivity index is 1.92. The number of hydrogen-bond acceptors (Lipinski definition) is 3. The highest BCUT2D eigenvalue weighted by molar-refractivity contribution is 6.03. The smallest absolute Gasteiger partial charge is 0.260 e. The van der Waals surface area contributed by atoms with Crippen LogP contribution in [0, 0.1) is 5.92 Å². The van der Waals surface area contributed by atoms with Gasteiger partial charge in [-0.15, -0.1) is 0 Å². The van der Waals surface area contributed by atoms with E-state index in [9.17, 15) is 9.90 Å². The minimum Gasteiger partial charge on any atom is -0.378 e. The van der Waals surface area contributed by atoms with E-state index in [-0.39, 0.29) is 5.91 Å². The van der Waals surface area contributed by atoms with Crippen molar-refractivity contribution in [2.45, 2.75) is 25.9 Å². The molecule has 1 fully saturated rings. The number of fused-ring (bicyclic) bond motifs is 1. The van der Waals surface area contributed by atoms with Gasteiger partial charge in [-0.1, -0.05) is 13.0 Å². The van der Waals surface area contributed by atoms with Crippen molar-refractivity contribution in [2.75, 3.05) is 29.9 Å². The van der Waals surface area contributed by atoms with E-state index in [4.69, 9.17) is 0 Å². The Morgan fingerprint density at radius 3 is 2.89 bits per heavy atom. The Labute approximate surface area is 113 Å². The molecule has 3 rings (SSSR count). The molecule has 2 aliphatic rings. The van der Waals surface area contributed by atoms with Gasteiger partial charge in [-0.25, -0.2) is 0 Å². The summed E-state index contributed by atoms with van der Waals surface area (Å²) in [5.41, 5.74) is 2.72. The molecule has 0 bridgehead atoms. The van der Waals surface area contributed by atoms with E-state index < -0.39 is 6.10 Å². The second-order valence-electron chi connectivity index (χ2n) is 5.74. The van der Waals surface area contributed by atoms with Gasteiger partial charge in [0.2, 0.25) is 0 Å². The fraction of sp³-hybridized carbons (Fsp3) is 0.533. The first-order valence-electron chi connectivity index (χ1n) is 6.92. The average molecular weight is 260 g/mol. The van der Waals surface area contributed by atoms with E-state index in [0.717, 1.165) is 30.0 Å². The highest BCUT2D eigenvalue weighted by atomic mass is 16.3. The molecule has 1 aromatic rings. The number of carbonyl (C=O) groups excluding carboxylic acids is 1. The molecule has 1 amide bonds. The molecule has 0 aromatic heterocycles. The topological polar surface area (TPSA) is 43.8 Å². The van der Waals surface area contributed by atoms with Gasteiger partial charge in [0, 0.05) is 31.4 Å². The summed E-state index contributed by atoms with van der Waals surface area (Å²) in [5.74, 6) is 0.478. The largest absolute Gasteiger partial charge is 0.378 e. The van der Waals surface area contributed by atoms with Gasteiger partial charge < -0.3 is 14.9 Å². The maximum absolute atomic E-state index is 11.8. The molecule has 2 unspecified atom stereocenters. The fourth-order valence-electron chi connectivity index (χ4n) is 3.11. The third kappa shape index (κ3) is 2.00. The predicted molar refractivity (Wildman–Crippen MR) is 75.4 cm³/mol. The zero-order valence-corrected chi connectivity index (χ0v) is 11.5. The minimum atomic E-state index is -0.991. The molecule has 1 N–H and O–H groups in total. The van der Waals surface area contributed by atoms with E-state index in [2.05, 4.69) is 11.8 Å². The second kappa shape index (κ2) is 4.53. The molecule has 19 heavy (non-hydrogen) atoms. The maximum atomic E-state index is 11.8. The van der Waals surface area contributed by atoms with Crippen molar-refractivity contribution in [3.8, 4) is 0 Å².